The standard InChI is InChI=1S/C10H23N3OS.ClH/c1-4-13(2)7-6-12-10(14)9(11)5-8-15-3;/h9H,4-8,11H2,1-3H3,(H,12,14);1H/t9-;/m0./s1. The Hall–Kier alpha value is 0.0300. The number of nitrogens with zero attached hydrogens (tertiary/aromatic N) is 1. The molecule has 0 aromatic heterocycles. The number of carbonyl (C=O) groups is 1. The molecule has 16 heavy (non-hydrogen) atoms. The normalized spacial score (nSPS) is 12.1. The molecular formula is C10H24ClN3OS. The Bertz CT molecular complexity index is 183. The maximum absolute atomic E-state index is 11.5. The third-order valence-electron chi connectivity index (χ3n) is 2.30. The van der Waals surface area contributed by atoms with Crippen LogP contribution in [0.3, 0.4) is 0 Å². The fourth-order valence-electron chi connectivity index (χ4n) is 1.04. The van der Waals surface area contributed by atoms with Crippen LogP contribution in [0.1, 0.15) is 13.3 Å². The lowest BCUT2D eigenvalue weighted by molar-refractivity contribution is -0.122. The monoisotopic (exact) mass is 269 g/mol. The minimum atomic E-state index is -0.357. The van der Waals surface area contributed by atoms with Crippen LogP contribution in [-0.4, -0.2) is 55.5 Å². The molecular weight excluding hydrogens is 246 g/mol. The second-order valence-electron chi connectivity index (χ2n) is 3.57. The van der Waals surface area contributed by atoms with E-state index in [9.17, 15) is 4.79 Å². The molecule has 0 rings (SSSR count). The van der Waals surface area contributed by atoms with Crippen molar-refractivity contribution in [1.82, 2.24) is 10.2 Å². The van der Waals surface area contributed by atoms with E-state index < -0.39 is 0 Å². The van der Waals surface area contributed by atoms with Crippen LogP contribution >= 0.6 is 24.2 Å². The van der Waals surface area contributed by atoms with E-state index in [0.717, 1.165) is 25.3 Å². The SMILES string of the molecule is CCN(C)CCNC(=O)[C@@H](N)CCSC.Cl. The number of halogens is 1. The number of hydrogen-bond acceptors (Lipinski definition) is 4. The van der Waals surface area contributed by atoms with Crippen LogP contribution in [0.5, 0.6) is 0 Å². The van der Waals surface area contributed by atoms with Crippen molar-refractivity contribution in [1.29, 1.82) is 0 Å². The lowest BCUT2D eigenvalue weighted by atomic mass is 10.2. The summed E-state index contributed by atoms with van der Waals surface area (Å²) in [6.45, 7) is 4.63. The van der Waals surface area contributed by atoms with Gasteiger partial charge in [-0.15, -0.1) is 12.4 Å². The topological polar surface area (TPSA) is 58.4 Å². The number of amides is 1. The van der Waals surface area contributed by atoms with E-state index in [2.05, 4.69) is 17.1 Å². The summed E-state index contributed by atoms with van der Waals surface area (Å²) < 4.78 is 0. The molecule has 0 unspecified atom stereocenters. The first-order valence-corrected chi connectivity index (χ1v) is 6.72. The molecule has 0 aliphatic heterocycles. The maximum Gasteiger partial charge on any atom is 0.236 e. The van der Waals surface area contributed by atoms with Gasteiger partial charge in [0.25, 0.3) is 0 Å². The third-order valence-corrected chi connectivity index (χ3v) is 2.95. The third kappa shape index (κ3) is 9.27. The Balaban J connectivity index is 0. The first-order chi connectivity index (χ1) is 7.11. The summed E-state index contributed by atoms with van der Waals surface area (Å²) in [5, 5.41) is 2.84. The van der Waals surface area contributed by atoms with E-state index >= 15 is 0 Å². The second-order valence-corrected chi connectivity index (χ2v) is 4.56. The summed E-state index contributed by atoms with van der Waals surface area (Å²) in [5.74, 6) is 0.900. The Morgan fingerprint density at radius 2 is 2.19 bits per heavy atom. The number of likely N-dealkylation sites (N-methyl/N-ethyl adjacent to an activating group) is 1. The summed E-state index contributed by atoms with van der Waals surface area (Å²) in [7, 11) is 2.03. The second kappa shape index (κ2) is 11.5. The zero-order valence-electron chi connectivity index (χ0n) is 10.4. The molecule has 0 saturated heterocycles. The van der Waals surface area contributed by atoms with Crippen molar-refractivity contribution in [2.24, 2.45) is 5.73 Å². The van der Waals surface area contributed by atoms with Gasteiger partial charge in [-0.2, -0.15) is 11.8 Å². The fraction of sp³-hybridized carbons (Fsp3) is 0.900. The van der Waals surface area contributed by atoms with Gasteiger partial charge in [0.1, 0.15) is 0 Å². The minimum absolute atomic E-state index is 0. The molecule has 0 radical (unpaired) electrons. The molecule has 0 fully saturated rings. The van der Waals surface area contributed by atoms with Crippen LogP contribution in [0.2, 0.25) is 0 Å². The lowest BCUT2D eigenvalue weighted by Gasteiger charge is -2.16. The molecule has 0 aromatic carbocycles. The number of carbonyl (C=O) groups excluding carboxylic acids is 1. The van der Waals surface area contributed by atoms with Crippen molar-refractivity contribution in [2.75, 3.05) is 38.7 Å². The van der Waals surface area contributed by atoms with Crippen molar-refractivity contribution >= 4 is 30.1 Å². The van der Waals surface area contributed by atoms with Gasteiger partial charge in [-0.3, -0.25) is 4.79 Å². The Morgan fingerprint density at radius 3 is 2.69 bits per heavy atom. The highest BCUT2D eigenvalue weighted by molar-refractivity contribution is 7.98. The maximum atomic E-state index is 11.5. The van der Waals surface area contributed by atoms with Gasteiger partial charge in [-0.1, -0.05) is 6.92 Å². The van der Waals surface area contributed by atoms with Gasteiger partial charge in [-0.25, -0.2) is 0 Å². The lowest BCUT2D eigenvalue weighted by Crippen LogP contribution is -2.43. The average molecular weight is 270 g/mol. The zero-order chi connectivity index (χ0) is 11.7. The van der Waals surface area contributed by atoms with Crippen molar-refractivity contribution in [2.45, 2.75) is 19.4 Å². The Labute approximate surface area is 109 Å². The van der Waals surface area contributed by atoms with Gasteiger partial charge in [0, 0.05) is 13.1 Å². The summed E-state index contributed by atoms with van der Waals surface area (Å²) >= 11 is 1.71. The van der Waals surface area contributed by atoms with Crippen molar-refractivity contribution in [3.8, 4) is 0 Å². The molecule has 0 aromatic rings. The Morgan fingerprint density at radius 1 is 1.56 bits per heavy atom. The van der Waals surface area contributed by atoms with Gasteiger partial charge in [-0.05, 0) is 32.0 Å². The number of hydrogen-bond donors (Lipinski definition) is 2. The van der Waals surface area contributed by atoms with E-state index in [1.54, 1.807) is 11.8 Å². The first kappa shape index (κ1) is 18.4. The van der Waals surface area contributed by atoms with Crippen LogP contribution in [0.25, 0.3) is 0 Å². The molecule has 0 spiro atoms. The smallest absolute Gasteiger partial charge is 0.236 e. The Kier molecular flexibility index (Phi) is 13.2. The molecule has 0 aliphatic carbocycles. The van der Waals surface area contributed by atoms with Crippen molar-refractivity contribution < 1.29 is 4.79 Å². The number of nitrogens with two attached hydrogens (primary N) is 1. The molecule has 0 bridgehead atoms. The quantitative estimate of drug-likeness (QED) is 0.676. The molecule has 0 aliphatic rings. The first-order valence-electron chi connectivity index (χ1n) is 5.32. The molecule has 6 heteroatoms. The van der Waals surface area contributed by atoms with Crippen molar-refractivity contribution in [3.63, 3.8) is 0 Å². The van der Waals surface area contributed by atoms with Crippen LogP contribution in [-0.2, 0) is 4.79 Å². The van der Waals surface area contributed by atoms with E-state index in [1.807, 2.05) is 13.3 Å². The number of nitrogens with one attached hydrogen (secondary N) is 1. The molecule has 3 N–H and O–H groups in total. The average Bonchev–Trinajstić information content (AvgIpc) is 2.25. The van der Waals surface area contributed by atoms with Crippen LogP contribution in [0.15, 0.2) is 0 Å². The molecule has 0 heterocycles. The van der Waals surface area contributed by atoms with Gasteiger partial charge < -0.3 is 16.0 Å². The summed E-state index contributed by atoms with van der Waals surface area (Å²) in [6.07, 6.45) is 2.76. The molecule has 98 valence electrons. The van der Waals surface area contributed by atoms with Crippen molar-refractivity contribution in [3.05, 3.63) is 0 Å². The zero-order valence-corrected chi connectivity index (χ0v) is 12.0. The largest absolute Gasteiger partial charge is 0.353 e. The fourth-order valence-corrected chi connectivity index (χ4v) is 1.52. The number of rotatable bonds is 8. The van der Waals surface area contributed by atoms with E-state index in [-0.39, 0.29) is 24.4 Å². The predicted molar refractivity (Wildman–Crippen MR) is 74.4 cm³/mol. The highest BCUT2D eigenvalue weighted by Crippen LogP contribution is 1.98. The summed E-state index contributed by atoms with van der Waals surface area (Å²) in [5.41, 5.74) is 5.71. The highest BCUT2D eigenvalue weighted by atomic mass is 35.5. The summed E-state index contributed by atoms with van der Waals surface area (Å²) in [4.78, 5) is 13.6. The number of thioether (sulfide) groups is 1. The molecule has 1 atom stereocenters. The molecule has 0 saturated carbocycles. The van der Waals surface area contributed by atoms with Gasteiger partial charge in [0.15, 0.2) is 0 Å². The minimum Gasteiger partial charge on any atom is -0.353 e. The molecule has 1 amide bonds. The van der Waals surface area contributed by atoms with E-state index in [1.165, 1.54) is 0 Å². The van der Waals surface area contributed by atoms with E-state index in [4.69, 9.17) is 5.73 Å². The highest BCUT2D eigenvalue weighted by Gasteiger charge is 2.11. The van der Waals surface area contributed by atoms with Gasteiger partial charge >= 0.3 is 0 Å². The van der Waals surface area contributed by atoms with Crippen LogP contribution in [0.4, 0.5) is 0 Å². The predicted octanol–water partition coefficient (Wildman–Crippen LogP) is 0.557. The molecule has 4 nitrogen and oxygen atoms in total. The van der Waals surface area contributed by atoms with Crippen LogP contribution < -0.4 is 11.1 Å². The van der Waals surface area contributed by atoms with Crippen LogP contribution in [0, 0.1) is 0 Å². The van der Waals surface area contributed by atoms with Gasteiger partial charge in [0.2, 0.25) is 5.91 Å². The van der Waals surface area contributed by atoms with E-state index in [0.29, 0.717) is 6.54 Å². The summed E-state index contributed by atoms with van der Waals surface area (Å²) in [6, 6.07) is -0.357. The van der Waals surface area contributed by atoms with Gasteiger partial charge in [0.05, 0.1) is 6.04 Å².